The maximum atomic E-state index is 12.5. The largest absolute Gasteiger partial charge is 0.340 e. The number of rotatable bonds is 4. The molecule has 114 valence electrons. The monoisotopic (exact) mass is 287 g/mol. The predicted octanol–water partition coefficient (Wildman–Crippen LogP) is 1.19. The molecule has 2 saturated heterocycles. The standard InChI is InChI=1S/C17H25N3O/c1-14(16-11-18-12-16)17(21)20-9-7-19(8-10-20)13-15-5-3-2-4-6-15/h2-6,14,16,18H,7-13H2,1H3. The maximum absolute atomic E-state index is 12.5. The van der Waals surface area contributed by atoms with Crippen molar-refractivity contribution in [2.75, 3.05) is 39.3 Å². The Morgan fingerprint density at radius 1 is 1.19 bits per heavy atom. The Labute approximate surface area is 127 Å². The first-order valence-electron chi connectivity index (χ1n) is 8.00. The van der Waals surface area contributed by atoms with Gasteiger partial charge in [0.2, 0.25) is 5.91 Å². The van der Waals surface area contributed by atoms with Gasteiger partial charge < -0.3 is 10.2 Å². The van der Waals surface area contributed by atoms with E-state index in [1.54, 1.807) is 0 Å². The van der Waals surface area contributed by atoms with Crippen LogP contribution in [-0.2, 0) is 11.3 Å². The minimum absolute atomic E-state index is 0.173. The molecule has 0 spiro atoms. The first-order valence-corrected chi connectivity index (χ1v) is 8.00. The summed E-state index contributed by atoms with van der Waals surface area (Å²) in [4.78, 5) is 17.0. The first kappa shape index (κ1) is 14.5. The molecule has 21 heavy (non-hydrogen) atoms. The topological polar surface area (TPSA) is 35.6 Å². The van der Waals surface area contributed by atoms with Crippen LogP contribution >= 0.6 is 0 Å². The fourth-order valence-corrected chi connectivity index (χ4v) is 3.12. The van der Waals surface area contributed by atoms with Crippen LogP contribution in [0.3, 0.4) is 0 Å². The van der Waals surface area contributed by atoms with Crippen LogP contribution < -0.4 is 5.32 Å². The predicted molar refractivity (Wildman–Crippen MR) is 83.8 cm³/mol. The fourth-order valence-electron chi connectivity index (χ4n) is 3.12. The van der Waals surface area contributed by atoms with Gasteiger partial charge >= 0.3 is 0 Å². The summed E-state index contributed by atoms with van der Waals surface area (Å²) in [5.41, 5.74) is 1.35. The van der Waals surface area contributed by atoms with E-state index in [1.165, 1.54) is 5.56 Å². The van der Waals surface area contributed by atoms with Crippen molar-refractivity contribution in [1.82, 2.24) is 15.1 Å². The Balaban J connectivity index is 1.47. The molecular formula is C17H25N3O. The lowest BCUT2D eigenvalue weighted by Crippen LogP contribution is -2.54. The zero-order valence-corrected chi connectivity index (χ0v) is 12.8. The Morgan fingerprint density at radius 2 is 1.86 bits per heavy atom. The van der Waals surface area contributed by atoms with E-state index in [1.807, 2.05) is 0 Å². The Kier molecular flexibility index (Phi) is 4.56. The average Bonchev–Trinajstić information content (AvgIpc) is 2.46. The molecule has 0 saturated carbocycles. The lowest BCUT2D eigenvalue weighted by Gasteiger charge is -2.39. The molecule has 2 heterocycles. The lowest BCUT2D eigenvalue weighted by atomic mass is 9.88. The fraction of sp³-hybridized carbons (Fsp3) is 0.588. The van der Waals surface area contributed by atoms with Gasteiger partial charge in [-0.25, -0.2) is 0 Å². The highest BCUT2D eigenvalue weighted by Gasteiger charge is 2.32. The smallest absolute Gasteiger partial charge is 0.225 e. The SMILES string of the molecule is CC(C(=O)N1CCN(Cc2ccccc2)CC1)C1CNC1. The van der Waals surface area contributed by atoms with Gasteiger partial charge in [0.15, 0.2) is 0 Å². The summed E-state index contributed by atoms with van der Waals surface area (Å²) in [5, 5.41) is 3.26. The summed E-state index contributed by atoms with van der Waals surface area (Å²) in [5.74, 6) is 1.06. The van der Waals surface area contributed by atoms with Gasteiger partial charge in [-0.1, -0.05) is 37.3 Å². The Bertz CT molecular complexity index is 464. The zero-order chi connectivity index (χ0) is 14.7. The van der Waals surface area contributed by atoms with Crippen molar-refractivity contribution in [3.05, 3.63) is 35.9 Å². The highest BCUT2D eigenvalue weighted by molar-refractivity contribution is 5.79. The van der Waals surface area contributed by atoms with Crippen LogP contribution in [0.5, 0.6) is 0 Å². The molecule has 2 aliphatic heterocycles. The van der Waals surface area contributed by atoms with Gasteiger partial charge in [-0.15, -0.1) is 0 Å². The normalized spacial score (nSPS) is 21.9. The maximum Gasteiger partial charge on any atom is 0.225 e. The van der Waals surface area contributed by atoms with Gasteiger partial charge in [0, 0.05) is 38.6 Å². The van der Waals surface area contributed by atoms with Gasteiger partial charge in [-0.3, -0.25) is 9.69 Å². The number of hydrogen-bond donors (Lipinski definition) is 1. The van der Waals surface area contributed by atoms with Gasteiger partial charge in [0.1, 0.15) is 0 Å². The van der Waals surface area contributed by atoms with Crippen molar-refractivity contribution in [2.24, 2.45) is 11.8 Å². The molecule has 2 aliphatic rings. The summed E-state index contributed by atoms with van der Waals surface area (Å²) < 4.78 is 0. The van der Waals surface area contributed by atoms with E-state index in [9.17, 15) is 4.79 Å². The average molecular weight is 287 g/mol. The molecule has 1 aromatic carbocycles. The minimum atomic E-state index is 0.173. The van der Waals surface area contributed by atoms with E-state index in [0.29, 0.717) is 11.8 Å². The molecule has 4 nitrogen and oxygen atoms in total. The second kappa shape index (κ2) is 6.58. The van der Waals surface area contributed by atoms with Crippen molar-refractivity contribution in [1.29, 1.82) is 0 Å². The van der Waals surface area contributed by atoms with E-state index >= 15 is 0 Å². The van der Waals surface area contributed by atoms with Crippen LogP contribution in [0.1, 0.15) is 12.5 Å². The summed E-state index contributed by atoms with van der Waals surface area (Å²) in [6, 6.07) is 10.6. The van der Waals surface area contributed by atoms with Crippen LogP contribution in [-0.4, -0.2) is 55.0 Å². The van der Waals surface area contributed by atoms with E-state index in [4.69, 9.17) is 0 Å². The Morgan fingerprint density at radius 3 is 2.43 bits per heavy atom. The highest BCUT2D eigenvalue weighted by atomic mass is 16.2. The number of nitrogens with zero attached hydrogens (tertiary/aromatic N) is 2. The number of hydrogen-bond acceptors (Lipinski definition) is 3. The summed E-state index contributed by atoms with van der Waals surface area (Å²) in [7, 11) is 0. The highest BCUT2D eigenvalue weighted by Crippen LogP contribution is 2.19. The van der Waals surface area contributed by atoms with Gasteiger partial charge in [0.25, 0.3) is 0 Å². The van der Waals surface area contributed by atoms with E-state index in [0.717, 1.165) is 45.8 Å². The van der Waals surface area contributed by atoms with Gasteiger partial charge in [-0.2, -0.15) is 0 Å². The molecule has 1 aromatic rings. The molecule has 0 aromatic heterocycles. The number of amides is 1. The summed E-state index contributed by atoms with van der Waals surface area (Å²) >= 11 is 0. The third-order valence-electron chi connectivity index (χ3n) is 4.84. The third-order valence-corrected chi connectivity index (χ3v) is 4.84. The van der Waals surface area contributed by atoms with Crippen LogP contribution in [0, 0.1) is 11.8 Å². The molecule has 0 bridgehead atoms. The van der Waals surface area contributed by atoms with Crippen LogP contribution in [0.4, 0.5) is 0 Å². The van der Waals surface area contributed by atoms with Crippen LogP contribution in [0.15, 0.2) is 30.3 Å². The molecule has 0 radical (unpaired) electrons. The molecule has 0 aliphatic carbocycles. The van der Waals surface area contributed by atoms with Crippen molar-refractivity contribution in [3.8, 4) is 0 Å². The summed E-state index contributed by atoms with van der Waals surface area (Å²) in [6.07, 6.45) is 0. The molecule has 1 unspecified atom stereocenters. The second-order valence-electron chi connectivity index (χ2n) is 6.29. The number of nitrogens with one attached hydrogen (secondary N) is 1. The molecular weight excluding hydrogens is 262 g/mol. The van der Waals surface area contributed by atoms with Crippen LogP contribution in [0.25, 0.3) is 0 Å². The van der Waals surface area contributed by atoms with E-state index in [-0.39, 0.29) is 5.92 Å². The molecule has 1 N–H and O–H groups in total. The number of carbonyl (C=O) groups is 1. The number of benzene rings is 1. The first-order chi connectivity index (χ1) is 10.2. The second-order valence-corrected chi connectivity index (χ2v) is 6.29. The quantitative estimate of drug-likeness (QED) is 0.903. The molecule has 2 fully saturated rings. The molecule has 3 rings (SSSR count). The van der Waals surface area contributed by atoms with Crippen molar-refractivity contribution in [3.63, 3.8) is 0 Å². The van der Waals surface area contributed by atoms with E-state index in [2.05, 4.69) is 52.4 Å². The molecule has 1 atom stereocenters. The number of carbonyl (C=O) groups excluding carboxylic acids is 1. The van der Waals surface area contributed by atoms with Gasteiger partial charge in [0.05, 0.1) is 0 Å². The molecule has 1 amide bonds. The van der Waals surface area contributed by atoms with Gasteiger partial charge in [-0.05, 0) is 24.6 Å². The van der Waals surface area contributed by atoms with Crippen molar-refractivity contribution in [2.45, 2.75) is 13.5 Å². The van der Waals surface area contributed by atoms with E-state index < -0.39 is 0 Å². The van der Waals surface area contributed by atoms with Crippen molar-refractivity contribution < 1.29 is 4.79 Å². The van der Waals surface area contributed by atoms with Crippen LogP contribution in [0.2, 0.25) is 0 Å². The number of piperazine rings is 1. The third kappa shape index (κ3) is 3.44. The summed E-state index contributed by atoms with van der Waals surface area (Å²) in [6.45, 7) is 8.79. The molecule has 4 heteroatoms. The minimum Gasteiger partial charge on any atom is -0.340 e. The zero-order valence-electron chi connectivity index (χ0n) is 12.8. The lowest BCUT2D eigenvalue weighted by molar-refractivity contribution is -0.139. The Hall–Kier alpha value is -1.39. The van der Waals surface area contributed by atoms with Crippen molar-refractivity contribution >= 4 is 5.91 Å².